The first kappa shape index (κ1) is 16.1. The first-order valence-corrected chi connectivity index (χ1v) is 9.33. The molecule has 1 fully saturated rings. The molecule has 1 aromatic heterocycles. The molecule has 1 N–H and O–H groups in total. The van der Waals surface area contributed by atoms with E-state index in [0.29, 0.717) is 18.8 Å². The SMILES string of the molecule is Cc1ccc2[nH]c(C(=O)N3CCC4(CC3)OC=Nc3ccccc34)cc2c1. The summed E-state index contributed by atoms with van der Waals surface area (Å²) in [5.41, 5.74) is 4.56. The third-order valence-electron chi connectivity index (χ3n) is 5.73. The Bertz CT molecular complexity index is 1060. The van der Waals surface area contributed by atoms with Crippen molar-refractivity contribution in [2.75, 3.05) is 13.1 Å². The van der Waals surface area contributed by atoms with Crippen molar-refractivity contribution < 1.29 is 9.53 Å². The van der Waals surface area contributed by atoms with Gasteiger partial charge in [-0.05, 0) is 31.2 Å². The van der Waals surface area contributed by atoms with E-state index in [0.717, 1.165) is 35.0 Å². The second-order valence-electron chi connectivity index (χ2n) is 7.43. The number of piperidine rings is 1. The molecule has 5 heteroatoms. The van der Waals surface area contributed by atoms with Crippen molar-refractivity contribution in [3.63, 3.8) is 0 Å². The number of likely N-dealkylation sites (tertiary alicyclic amines) is 1. The molecule has 5 rings (SSSR count). The maximum Gasteiger partial charge on any atom is 0.270 e. The number of carbonyl (C=O) groups is 1. The van der Waals surface area contributed by atoms with Gasteiger partial charge in [-0.2, -0.15) is 0 Å². The van der Waals surface area contributed by atoms with Crippen molar-refractivity contribution in [2.24, 2.45) is 4.99 Å². The number of aryl methyl sites for hydroxylation is 1. The van der Waals surface area contributed by atoms with Gasteiger partial charge in [0, 0.05) is 42.4 Å². The van der Waals surface area contributed by atoms with E-state index in [1.165, 1.54) is 5.56 Å². The lowest BCUT2D eigenvalue weighted by atomic mass is 9.82. The molecule has 2 aliphatic heterocycles. The number of carbonyl (C=O) groups excluding carboxylic acids is 1. The maximum atomic E-state index is 13.0. The molecular weight excluding hydrogens is 338 g/mol. The zero-order valence-electron chi connectivity index (χ0n) is 15.2. The number of fused-ring (bicyclic) bond motifs is 3. The van der Waals surface area contributed by atoms with Crippen LogP contribution in [0.25, 0.3) is 10.9 Å². The number of H-pyrrole nitrogens is 1. The number of rotatable bonds is 1. The average molecular weight is 359 g/mol. The number of ether oxygens (including phenoxy) is 1. The summed E-state index contributed by atoms with van der Waals surface area (Å²) >= 11 is 0. The fraction of sp³-hybridized carbons (Fsp3) is 0.273. The van der Waals surface area contributed by atoms with Crippen LogP contribution in [0.2, 0.25) is 0 Å². The Hall–Kier alpha value is -3.08. The van der Waals surface area contributed by atoms with Gasteiger partial charge in [0.15, 0.2) is 6.40 Å². The fourth-order valence-electron chi connectivity index (χ4n) is 4.21. The van der Waals surface area contributed by atoms with Crippen LogP contribution in [0.4, 0.5) is 5.69 Å². The summed E-state index contributed by atoms with van der Waals surface area (Å²) in [5, 5.41) is 1.08. The summed E-state index contributed by atoms with van der Waals surface area (Å²) in [6.45, 7) is 3.38. The third kappa shape index (κ3) is 2.62. The quantitative estimate of drug-likeness (QED) is 0.704. The highest BCUT2D eigenvalue weighted by Crippen LogP contribution is 2.43. The molecule has 0 radical (unpaired) electrons. The minimum Gasteiger partial charge on any atom is -0.472 e. The van der Waals surface area contributed by atoms with Gasteiger partial charge >= 0.3 is 0 Å². The van der Waals surface area contributed by atoms with E-state index < -0.39 is 0 Å². The van der Waals surface area contributed by atoms with Crippen LogP contribution in [-0.4, -0.2) is 35.3 Å². The Morgan fingerprint density at radius 3 is 2.81 bits per heavy atom. The van der Waals surface area contributed by atoms with Crippen molar-refractivity contribution in [1.82, 2.24) is 9.88 Å². The topological polar surface area (TPSA) is 57.7 Å². The van der Waals surface area contributed by atoms with Gasteiger partial charge in [0.2, 0.25) is 0 Å². The molecule has 0 atom stereocenters. The molecule has 3 aromatic rings. The highest BCUT2D eigenvalue weighted by Gasteiger charge is 2.42. The summed E-state index contributed by atoms with van der Waals surface area (Å²) < 4.78 is 5.99. The number of nitrogens with zero attached hydrogens (tertiary/aromatic N) is 2. The molecule has 5 nitrogen and oxygen atoms in total. The smallest absolute Gasteiger partial charge is 0.270 e. The molecular formula is C22H21N3O2. The van der Waals surface area contributed by atoms with Crippen LogP contribution in [0.1, 0.15) is 34.5 Å². The van der Waals surface area contributed by atoms with Gasteiger partial charge in [0.05, 0.1) is 5.69 Å². The van der Waals surface area contributed by atoms with E-state index in [-0.39, 0.29) is 11.5 Å². The summed E-state index contributed by atoms with van der Waals surface area (Å²) in [6.07, 6.45) is 3.09. The Morgan fingerprint density at radius 2 is 1.96 bits per heavy atom. The van der Waals surface area contributed by atoms with Crippen LogP contribution in [0.15, 0.2) is 53.5 Å². The number of amides is 1. The lowest BCUT2D eigenvalue weighted by molar-refractivity contribution is -0.00633. The molecule has 1 saturated heterocycles. The van der Waals surface area contributed by atoms with Crippen LogP contribution < -0.4 is 0 Å². The summed E-state index contributed by atoms with van der Waals surface area (Å²) in [4.78, 5) is 22.5. The van der Waals surface area contributed by atoms with E-state index in [4.69, 9.17) is 4.74 Å². The van der Waals surface area contributed by atoms with Crippen molar-refractivity contribution in [1.29, 1.82) is 0 Å². The highest BCUT2D eigenvalue weighted by molar-refractivity contribution is 5.98. The predicted molar refractivity (Wildman–Crippen MR) is 106 cm³/mol. The van der Waals surface area contributed by atoms with Gasteiger partial charge in [0.25, 0.3) is 5.91 Å². The van der Waals surface area contributed by atoms with Gasteiger partial charge in [-0.3, -0.25) is 4.79 Å². The van der Waals surface area contributed by atoms with E-state index in [1.807, 2.05) is 35.2 Å². The molecule has 2 aliphatic rings. The lowest BCUT2D eigenvalue weighted by Crippen LogP contribution is -2.47. The van der Waals surface area contributed by atoms with Gasteiger partial charge in [-0.1, -0.05) is 29.8 Å². The average Bonchev–Trinajstić information content (AvgIpc) is 3.12. The van der Waals surface area contributed by atoms with Crippen molar-refractivity contribution >= 4 is 28.9 Å². The van der Waals surface area contributed by atoms with E-state index in [1.54, 1.807) is 6.40 Å². The Morgan fingerprint density at radius 1 is 1.15 bits per heavy atom. The lowest BCUT2D eigenvalue weighted by Gasteiger charge is -2.42. The second kappa shape index (κ2) is 5.98. The number of aromatic nitrogens is 1. The minimum absolute atomic E-state index is 0.0523. The zero-order chi connectivity index (χ0) is 18.4. The molecule has 0 aliphatic carbocycles. The van der Waals surface area contributed by atoms with Crippen molar-refractivity contribution in [3.8, 4) is 0 Å². The van der Waals surface area contributed by atoms with E-state index in [2.05, 4.69) is 35.1 Å². The highest BCUT2D eigenvalue weighted by atomic mass is 16.5. The van der Waals surface area contributed by atoms with Gasteiger partial charge in [-0.15, -0.1) is 0 Å². The number of aromatic amines is 1. The monoisotopic (exact) mass is 359 g/mol. The normalized spacial score (nSPS) is 17.7. The zero-order valence-corrected chi connectivity index (χ0v) is 15.2. The second-order valence-corrected chi connectivity index (χ2v) is 7.43. The Labute approximate surface area is 157 Å². The van der Waals surface area contributed by atoms with Crippen LogP contribution in [-0.2, 0) is 10.3 Å². The van der Waals surface area contributed by atoms with Gasteiger partial charge in [0.1, 0.15) is 11.3 Å². The van der Waals surface area contributed by atoms with Crippen LogP contribution in [0, 0.1) is 6.92 Å². The Kier molecular flexibility index (Phi) is 3.57. The molecule has 1 amide bonds. The summed E-state index contributed by atoms with van der Waals surface area (Å²) in [5.74, 6) is 0.0523. The molecule has 0 bridgehead atoms. The van der Waals surface area contributed by atoms with Crippen molar-refractivity contribution in [3.05, 3.63) is 65.4 Å². The number of nitrogens with one attached hydrogen (secondary N) is 1. The summed E-state index contributed by atoms with van der Waals surface area (Å²) in [7, 11) is 0. The van der Waals surface area contributed by atoms with Gasteiger partial charge < -0.3 is 14.6 Å². The standard InChI is InChI=1S/C22H21N3O2/c1-15-6-7-18-16(12-15)13-20(24-18)21(26)25-10-8-22(9-11-25)17-4-2-3-5-19(17)23-14-27-22/h2-7,12-14,24H,8-11H2,1H3. The third-order valence-corrected chi connectivity index (χ3v) is 5.73. The first-order chi connectivity index (χ1) is 13.1. The van der Waals surface area contributed by atoms with Crippen LogP contribution >= 0.6 is 0 Å². The molecule has 0 saturated carbocycles. The number of para-hydroxylation sites is 1. The molecule has 136 valence electrons. The Balaban J connectivity index is 1.37. The first-order valence-electron chi connectivity index (χ1n) is 9.33. The number of aliphatic imine (C=N–C) groups is 1. The molecule has 27 heavy (non-hydrogen) atoms. The molecule has 2 aromatic carbocycles. The number of benzene rings is 2. The predicted octanol–water partition coefficient (Wildman–Crippen LogP) is 4.30. The van der Waals surface area contributed by atoms with E-state index >= 15 is 0 Å². The molecule has 3 heterocycles. The molecule has 1 spiro atoms. The number of hydrogen-bond acceptors (Lipinski definition) is 3. The van der Waals surface area contributed by atoms with Gasteiger partial charge in [-0.25, -0.2) is 4.99 Å². The summed E-state index contributed by atoms with van der Waals surface area (Å²) in [6, 6.07) is 16.2. The fourth-order valence-corrected chi connectivity index (χ4v) is 4.21. The van der Waals surface area contributed by atoms with Crippen LogP contribution in [0.5, 0.6) is 0 Å². The van der Waals surface area contributed by atoms with Crippen LogP contribution in [0.3, 0.4) is 0 Å². The largest absolute Gasteiger partial charge is 0.472 e. The van der Waals surface area contributed by atoms with Crippen molar-refractivity contribution in [2.45, 2.75) is 25.4 Å². The van der Waals surface area contributed by atoms with E-state index in [9.17, 15) is 4.79 Å². The molecule has 0 unspecified atom stereocenters. The maximum absolute atomic E-state index is 13.0. The number of hydrogen-bond donors (Lipinski definition) is 1. The minimum atomic E-state index is -0.368.